The third-order valence-electron chi connectivity index (χ3n) is 4.61. The molecular weight excluding hydrogens is 250 g/mol. The van der Waals surface area contributed by atoms with Crippen LogP contribution in [0.4, 0.5) is 0 Å². The van der Waals surface area contributed by atoms with Gasteiger partial charge in [-0.1, -0.05) is 37.3 Å². The number of benzene rings is 1. The van der Waals surface area contributed by atoms with E-state index in [2.05, 4.69) is 42.6 Å². The topological polar surface area (TPSA) is 30.5 Å². The predicted octanol–water partition coefficient (Wildman–Crippen LogP) is 3.07. The number of rotatable bonds is 4. The Morgan fingerprint density at radius 1 is 1.30 bits per heavy atom. The quantitative estimate of drug-likeness (QED) is 0.916. The first-order valence-electron chi connectivity index (χ1n) is 7.84. The fraction of sp³-hybridized carbons (Fsp3) is 0.647. The van der Waals surface area contributed by atoms with Crippen molar-refractivity contribution in [1.82, 2.24) is 5.32 Å². The minimum absolute atomic E-state index is 0.00903. The zero-order chi connectivity index (χ0) is 13.8. The molecule has 2 saturated heterocycles. The molecule has 0 radical (unpaired) electrons. The summed E-state index contributed by atoms with van der Waals surface area (Å²) in [5.41, 5.74) is 1.38. The summed E-state index contributed by atoms with van der Waals surface area (Å²) in [6.45, 7) is 4.72. The third kappa shape index (κ3) is 3.05. The van der Waals surface area contributed by atoms with Crippen molar-refractivity contribution in [3.63, 3.8) is 0 Å². The first-order chi connectivity index (χ1) is 9.81. The summed E-state index contributed by atoms with van der Waals surface area (Å²) in [4.78, 5) is 0. The molecule has 0 aromatic heterocycles. The molecule has 0 amide bonds. The van der Waals surface area contributed by atoms with Crippen LogP contribution in [0.1, 0.15) is 44.2 Å². The van der Waals surface area contributed by atoms with Gasteiger partial charge in [0.05, 0.1) is 12.2 Å². The molecule has 0 bridgehead atoms. The Morgan fingerprint density at radius 3 is 2.85 bits per heavy atom. The normalized spacial score (nSPS) is 31.6. The van der Waals surface area contributed by atoms with Crippen molar-refractivity contribution >= 4 is 0 Å². The zero-order valence-electron chi connectivity index (χ0n) is 12.3. The maximum atomic E-state index is 6.01. The Labute approximate surface area is 121 Å². The molecular formula is C17H25NO2. The number of hydrogen-bond acceptors (Lipinski definition) is 3. The molecule has 1 spiro atoms. The highest BCUT2D eigenvalue weighted by molar-refractivity contribution is 5.19. The Morgan fingerprint density at radius 2 is 2.15 bits per heavy atom. The standard InChI is InChI=1S/C17H25NO2/c1-2-16(14-6-4-3-5-7-14)18-15-8-10-20-17(12-15)9-11-19-13-17/h3-7,15-16,18H,2,8-13H2,1H3. The van der Waals surface area contributed by atoms with Crippen molar-refractivity contribution in [2.24, 2.45) is 0 Å². The zero-order valence-corrected chi connectivity index (χ0v) is 12.3. The van der Waals surface area contributed by atoms with Crippen LogP contribution in [0.15, 0.2) is 30.3 Å². The highest BCUT2D eigenvalue weighted by Crippen LogP contribution is 2.33. The van der Waals surface area contributed by atoms with E-state index in [4.69, 9.17) is 9.47 Å². The fourth-order valence-electron chi connectivity index (χ4n) is 3.45. The van der Waals surface area contributed by atoms with Gasteiger partial charge in [0.2, 0.25) is 0 Å². The second kappa shape index (κ2) is 6.25. The average molecular weight is 275 g/mol. The van der Waals surface area contributed by atoms with Gasteiger partial charge in [-0.2, -0.15) is 0 Å². The van der Waals surface area contributed by atoms with Crippen LogP contribution >= 0.6 is 0 Å². The van der Waals surface area contributed by atoms with E-state index in [1.165, 1.54) is 5.56 Å². The van der Waals surface area contributed by atoms with Crippen LogP contribution in [-0.2, 0) is 9.47 Å². The molecule has 3 unspecified atom stereocenters. The van der Waals surface area contributed by atoms with E-state index in [-0.39, 0.29) is 5.60 Å². The summed E-state index contributed by atoms with van der Waals surface area (Å²) in [5.74, 6) is 0. The van der Waals surface area contributed by atoms with E-state index < -0.39 is 0 Å². The molecule has 2 aliphatic rings. The third-order valence-corrected chi connectivity index (χ3v) is 4.61. The van der Waals surface area contributed by atoms with E-state index in [1.807, 2.05) is 0 Å². The molecule has 3 atom stereocenters. The highest BCUT2D eigenvalue weighted by Gasteiger charge is 2.41. The Bertz CT molecular complexity index is 414. The SMILES string of the molecule is CCC(NC1CCOC2(CCOC2)C1)c1ccccc1. The van der Waals surface area contributed by atoms with E-state index in [9.17, 15) is 0 Å². The second-order valence-electron chi connectivity index (χ2n) is 6.06. The van der Waals surface area contributed by atoms with Crippen LogP contribution in [0.3, 0.4) is 0 Å². The average Bonchev–Trinajstić information content (AvgIpc) is 2.93. The number of hydrogen-bond donors (Lipinski definition) is 1. The van der Waals surface area contributed by atoms with Gasteiger partial charge in [-0.25, -0.2) is 0 Å². The maximum Gasteiger partial charge on any atom is 0.0951 e. The lowest BCUT2D eigenvalue weighted by molar-refractivity contribution is -0.0904. The van der Waals surface area contributed by atoms with E-state index in [0.29, 0.717) is 12.1 Å². The van der Waals surface area contributed by atoms with Gasteiger partial charge in [0.25, 0.3) is 0 Å². The molecule has 110 valence electrons. The summed E-state index contributed by atoms with van der Waals surface area (Å²) in [6, 6.07) is 11.7. The van der Waals surface area contributed by atoms with Gasteiger partial charge < -0.3 is 14.8 Å². The van der Waals surface area contributed by atoms with Gasteiger partial charge in [-0.3, -0.25) is 0 Å². The van der Waals surface area contributed by atoms with E-state index in [1.54, 1.807) is 0 Å². The molecule has 2 fully saturated rings. The maximum absolute atomic E-state index is 6.01. The highest BCUT2D eigenvalue weighted by atomic mass is 16.6. The van der Waals surface area contributed by atoms with Crippen LogP contribution in [0.5, 0.6) is 0 Å². The molecule has 20 heavy (non-hydrogen) atoms. The largest absolute Gasteiger partial charge is 0.378 e. The van der Waals surface area contributed by atoms with Crippen molar-refractivity contribution in [3.8, 4) is 0 Å². The van der Waals surface area contributed by atoms with Crippen LogP contribution in [0.25, 0.3) is 0 Å². The minimum Gasteiger partial charge on any atom is -0.378 e. The van der Waals surface area contributed by atoms with Crippen LogP contribution in [0, 0.1) is 0 Å². The summed E-state index contributed by atoms with van der Waals surface area (Å²) in [7, 11) is 0. The van der Waals surface area contributed by atoms with Crippen molar-refractivity contribution < 1.29 is 9.47 Å². The fourth-order valence-corrected chi connectivity index (χ4v) is 3.45. The van der Waals surface area contributed by atoms with Crippen molar-refractivity contribution in [2.75, 3.05) is 19.8 Å². The van der Waals surface area contributed by atoms with Crippen molar-refractivity contribution in [3.05, 3.63) is 35.9 Å². The molecule has 1 aromatic carbocycles. The Hall–Kier alpha value is -0.900. The van der Waals surface area contributed by atoms with Crippen molar-refractivity contribution in [1.29, 1.82) is 0 Å². The summed E-state index contributed by atoms with van der Waals surface area (Å²) in [6.07, 6.45) is 4.35. The van der Waals surface area contributed by atoms with Crippen LogP contribution < -0.4 is 5.32 Å². The van der Waals surface area contributed by atoms with Crippen LogP contribution in [-0.4, -0.2) is 31.5 Å². The lowest BCUT2D eigenvalue weighted by atomic mass is 9.88. The Balaban J connectivity index is 1.64. The molecule has 1 N–H and O–H groups in total. The molecule has 0 saturated carbocycles. The number of nitrogens with one attached hydrogen (secondary N) is 1. The lowest BCUT2D eigenvalue weighted by Crippen LogP contribution is -2.48. The minimum atomic E-state index is -0.00903. The van der Waals surface area contributed by atoms with E-state index in [0.717, 1.165) is 45.5 Å². The van der Waals surface area contributed by atoms with Crippen LogP contribution in [0.2, 0.25) is 0 Å². The molecule has 2 heterocycles. The molecule has 3 nitrogen and oxygen atoms in total. The van der Waals surface area contributed by atoms with Gasteiger partial charge in [0.1, 0.15) is 0 Å². The smallest absolute Gasteiger partial charge is 0.0951 e. The summed E-state index contributed by atoms with van der Waals surface area (Å²) in [5, 5.41) is 3.84. The lowest BCUT2D eigenvalue weighted by Gasteiger charge is -2.39. The first kappa shape index (κ1) is 14.1. The monoisotopic (exact) mass is 275 g/mol. The van der Waals surface area contributed by atoms with Gasteiger partial charge in [0, 0.05) is 31.7 Å². The summed E-state index contributed by atoms with van der Waals surface area (Å²) >= 11 is 0. The molecule has 3 heteroatoms. The molecule has 3 rings (SSSR count). The molecule has 2 aliphatic heterocycles. The molecule has 0 aliphatic carbocycles. The van der Waals surface area contributed by atoms with Gasteiger partial charge in [0.15, 0.2) is 0 Å². The summed E-state index contributed by atoms with van der Waals surface area (Å²) < 4.78 is 11.6. The number of ether oxygens (including phenoxy) is 2. The first-order valence-corrected chi connectivity index (χ1v) is 7.84. The Kier molecular flexibility index (Phi) is 4.39. The second-order valence-corrected chi connectivity index (χ2v) is 6.06. The van der Waals surface area contributed by atoms with Gasteiger partial charge in [-0.05, 0) is 24.8 Å². The van der Waals surface area contributed by atoms with Crippen molar-refractivity contribution in [2.45, 2.75) is 50.3 Å². The molecule has 1 aromatic rings. The van der Waals surface area contributed by atoms with E-state index >= 15 is 0 Å². The van der Waals surface area contributed by atoms with Gasteiger partial charge in [-0.15, -0.1) is 0 Å². The van der Waals surface area contributed by atoms with Gasteiger partial charge >= 0.3 is 0 Å². The predicted molar refractivity (Wildman–Crippen MR) is 79.8 cm³/mol.